The maximum atomic E-state index is 12.7. The van der Waals surface area contributed by atoms with Crippen LogP contribution in [0.2, 0.25) is 0 Å². The van der Waals surface area contributed by atoms with Gasteiger partial charge in [-0.05, 0) is 37.6 Å². The number of carbonyl (C=O) groups is 2. The smallest absolute Gasteiger partial charge is 0.469 e. The van der Waals surface area contributed by atoms with E-state index >= 15 is 0 Å². The molecule has 1 amide bonds. The van der Waals surface area contributed by atoms with Gasteiger partial charge < -0.3 is 34.9 Å². The van der Waals surface area contributed by atoms with E-state index in [4.69, 9.17) is 9.47 Å². The average molecular weight is 429 g/mol. The Morgan fingerprint density at radius 2 is 2.00 bits per heavy atom. The molecule has 1 heterocycles. The Kier molecular flexibility index (Phi) is 9.61. The maximum Gasteiger partial charge on any atom is 0.469 e. The van der Waals surface area contributed by atoms with E-state index in [2.05, 4.69) is 15.6 Å². The minimum atomic E-state index is -1.69. The summed E-state index contributed by atoms with van der Waals surface area (Å²) in [6, 6.07) is 12.4. The first-order valence-electron chi connectivity index (χ1n) is 9.87. The predicted molar refractivity (Wildman–Crippen MR) is 116 cm³/mol. The minimum Gasteiger partial charge on any atom is -0.494 e. The summed E-state index contributed by atoms with van der Waals surface area (Å²) in [6.45, 7) is 1.72. The Bertz CT molecular complexity index is 839. The molecule has 9 nitrogen and oxygen atoms in total. The number of amides is 1. The summed E-state index contributed by atoms with van der Waals surface area (Å²) in [5, 5.41) is 25.1. The first-order valence-corrected chi connectivity index (χ1v) is 9.87. The molecule has 2 aromatic rings. The number of ether oxygens (including phenoxy) is 2. The van der Waals surface area contributed by atoms with Gasteiger partial charge in [-0.15, -0.1) is 0 Å². The number of para-hydroxylation sites is 1. The van der Waals surface area contributed by atoms with Gasteiger partial charge in [-0.2, -0.15) is 0 Å². The monoisotopic (exact) mass is 429 g/mol. The van der Waals surface area contributed by atoms with Crippen molar-refractivity contribution in [1.29, 1.82) is 0 Å². The van der Waals surface area contributed by atoms with E-state index in [1.807, 2.05) is 18.2 Å². The van der Waals surface area contributed by atoms with Crippen LogP contribution in [0.25, 0.3) is 0 Å². The van der Waals surface area contributed by atoms with Crippen molar-refractivity contribution < 1.29 is 29.1 Å². The summed E-state index contributed by atoms with van der Waals surface area (Å²) >= 11 is 0. The van der Waals surface area contributed by atoms with Crippen molar-refractivity contribution in [3.8, 4) is 5.75 Å². The SMILES string of the molecule is COCC(C=O)(CN[C@@H](CCOc1ccccc1)B(O)O)NC(=O)c1cccnc1C. The maximum absolute atomic E-state index is 12.7. The molecule has 0 aliphatic heterocycles. The van der Waals surface area contributed by atoms with Crippen molar-refractivity contribution in [3.63, 3.8) is 0 Å². The van der Waals surface area contributed by atoms with Crippen LogP contribution in [0, 0.1) is 6.92 Å². The van der Waals surface area contributed by atoms with Gasteiger partial charge >= 0.3 is 7.12 Å². The number of nitrogens with zero attached hydrogens (tertiary/aromatic N) is 1. The third-order valence-electron chi connectivity index (χ3n) is 4.72. The highest BCUT2D eigenvalue weighted by atomic mass is 16.5. The summed E-state index contributed by atoms with van der Waals surface area (Å²) < 4.78 is 10.7. The molecule has 0 fully saturated rings. The number of aryl methyl sites for hydroxylation is 1. The Hall–Kier alpha value is -2.79. The fourth-order valence-corrected chi connectivity index (χ4v) is 3.00. The number of pyridine rings is 1. The van der Waals surface area contributed by atoms with Crippen molar-refractivity contribution in [2.75, 3.05) is 26.9 Å². The van der Waals surface area contributed by atoms with Gasteiger partial charge in [0.25, 0.3) is 5.91 Å². The lowest BCUT2D eigenvalue weighted by Crippen LogP contribution is -2.61. The van der Waals surface area contributed by atoms with Crippen molar-refractivity contribution in [2.45, 2.75) is 24.8 Å². The molecular formula is C21H28BN3O6. The Labute approximate surface area is 181 Å². The number of aldehydes is 1. The molecule has 0 aliphatic rings. The highest BCUT2D eigenvalue weighted by Gasteiger charge is 2.35. The van der Waals surface area contributed by atoms with Gasteiger partial charge in [0.05, 0.1) is 18.8 Å². The van der Waals surface area contributed by atoms with E-state index in [0.717, 1.165) is 0 Å². The van der Waals surface area contributed by atoms with Gasteiger partial charge in [0, 0.05) is 31.5 Å². The molecule has 0 spiro atoms. The van der Waals surface area contributed by atoms with E-state index in [1.54, 1.807) is 37.4 Å². The lowest BCUT2D eigenvalue weighted by Gasteiger charge is -2.31. The Morgan fingerprint density at radius 1 is 1.26 bits per heavy atom. The van der Waals surface area contributed by atoms with E-state index in [1.165, 1.54) is 7.11 Å². The zero-order valence-corrected chi connectivity index (χ0v) is 17.7. The topological polar surface area (TPSA) is 130 Å². The largest absolute Gasteiger partial charge is 0.494 e. The van der Waals surface area contributed by atoms with Crippen LogP contribution in [0.5, 0.6) is 5.75 Å². The summed E-state index contributed by atoms with van der Waals surface area (Å²) in [5.74, 6) is -0.614. The molecule has 31 heavy (non-hydrogen) atoms. The highest BCUT2D eigenvalue weighted by molar-refractivity contribution is 6.43. The molecule has 1 aromatic carbocycles. The third-order valence-corrected chi connectivity index (χ3v) is 4.72. The molecule has 0 saturated carbocycles. The van der Waals surface area contributed by atoms with Crippen molar-refractivity contribution in [3.05, 3.63) is 59.9 Å². The van der Waals surface area contributed by atoms with Gasteiger partial charge in [0.1, 0.15) is 17.6 Å². The second-order valence-corrected chi connectivity index (χ2v) is 7.15. The quantitative estimate of drug-likeness (QED) is 0.262. The van der Waals surface area contributed by atoms with Crippen LogP contribution in [-0.4, -0.2) is 72.7 Å². The van der Waals surface area contributed by atoms with Crippen LogP contribution in [0.4, 0.5) is 0 Å². The van der Waals surface area contributed by atoms with Gasteiger partial charge in [0.15, 0.2) is 0 Å². The molecule has 0 bridgehead atoms. The van der Waals surface area contributed by atoms with Crippen molar-refractivity contribution in [1.82, 2.24) is 15.6 Å². The normalized spacial score (nSPS) is 13.7. The van der Waals surface area contributed by atoms with Crippen LogP contribution in [0.1, 0.15) is 22.5 Å². The van der Waals surface area contributed by atoms with Crippen LogP contribution in [-0.2, 0) is 9.53 Å². The first kappa shape index (κ1) is 24.5. The van der Waals surface area contributed by atoms with Gasteiger partial charge in [-0.1, -0.05) is 18.2 Å². The molecule has 2 atom stereocenters. The number of hydrogen-bond donors (Lipinski definition) is 4. The number of rotatable bonds is 13. The lowest BCUT2D eigenvalue weighted by molar-refractivity contribution is -0.115. The standard InChI is InChI=1S/C21H28BN3O6/c1-16-18(9-6-11-23-16)20(27)25-21(14-26,15-30-2)13-24-19(22(28)29)10-12-31-17-7-4-3-5-8-17/h3-9,11,14,19,24,28-29H,10,12-13,15H2,1-2H3,(H,25,27)/t19-,21?/m0/s1. The molecule has 166 valence electrons. The Morgan fingerprint density at radius 3 is 2.61 bits per heavy atom. The van der Waals surface area contributed by atoms with Crippen LogP contribution in [0.3, 0.4) is 0 Å². The van der Waals surface area contributed by atoms with Crippen molar-refractivity contribution in [2.24, 2.45) is 0 Å². The van der Waals surface area contributed by atoms with E-state index in [-0.39, 0.29) is 26.2 Å². The minimum absolute atomic E-state index is 0.0803. The van der Waals surface area contributed by atoms with Crippen molar-refractivity contribution >= 4 is 19.3 Å². The predicted octanol–water partition coefficient (Wildman–Crippen LogP) is 0.143. The molecule has 1 unspecified atom stereocenters. The number of carbonyl (C=O) groups excluding carboxylic acids is 2. The number of aromatic nitrogens is 1. The summed E-state index contributed by atoms with van der Waals surface area (Å²) in [6.07, 6.45) is 2.40. The van der Waals surface area contributed by atoms with E-state index < -0.39 is 24.5 Å². The first-order chi connectivity index (χ1) is 14.9. The van der Waals surface area contributed by atoms with Gasteiger partial charge in [-0.25, -0.2) is 0 Å². The van der Waals surface area contributed by atoms with Crippen LogP contribution in [0.15, 0.2) is 48.7 Å². The van der Waals surface area contributed by atoms with E-state index in [0.29, 0.717) is 23.3 Å². The summed E-state index contributed by atoms with van der Waals surface area (Å²) in [4.78, 5) is 28.7. The second kappa shape index (κ2) is 12.2. The second-order valence-electron chi connectivity index (χ2n) is 7.15. The summed E-state index contributed by atoms with van der Waals surface area (Å²) in [7, 11) is -0.284. The number of hydrogen-bond acceptors (Lipinski definition) is 8. The molecule has 1 aromatic heterocycles. The zero-order chi connectivity index (χ0) is 22.7. The number of methoxy groups -OCH3 is 1. The highest BCUT2D eigenvalue weighted by Crippen LogP contribution is 2.11. The van der Waals surface area contributed by atoms with Crippen LogP contribution >= 0.6 is 0 Å². The molecule has 0 radical (unpaired) electrons. The summed E-state index contributed by atoms with van der Waals surface area (Å²) in [5.41, 5.74) is -0.562. The zero-order valence-electron chi connectivity index (χ0n) is 17.7. The Balaban J connectivity index is 2.02. The molecular weight excluding hydrogens is 401 g/mol. The van der Waals surface area contributed by atoms with Gasteiger partial charge in [0.2, 0.25) is 0 Å². The molecule has 0 aliphatic carbocycles. The van der Waals surface area contributed by atoms with E-state index in [9.17, 15) is 19.6 Å². The number of benzene rings is 1. The molecule has 0 saturated heterocycles. The third kappa shape index (κ3) is 7.44. The fraction of sp³-hybridized carbons (Fsp3) is 0.381. The average Bonchev–Trinajstić information content (AvgIpc) is 2.76. The van der Waals surface area contributed by atoms with Crippen LogP contribution < -0.4 is 15.4 Å². The van der Waals surface area contributed by atoms with Gasteiger partial charge in [-0.3, -0.25) is 9.78 Å². The molecule has 4 N–H and O–H groups in total. The fourth-order valence-electron chi connectivity index (χ4n) is 3.00. The molecule has 10 heteroatoms. The lowest BCUT2D eigenvalue weighted by atomic mass is 9.77. The number of nitrogens with one attached hydrogen (secondary N) is 2. The molecule has 2 rings (SSSR count).